The predicted octanol–water partition coefficient (Wildman–Crippen LogP) is 2.33. The molecule has 2 heterocycles. The van der Waals surface area contributed by atoms with Crippen molar-refractivity contribution in [2.24, 2.45) is 0 Å². The van der Waals surface area contributed by atoms with Gasteiger partial charge in [-0.1, -0.05) is 6.92 Å². The average molecular weight is 311 g/mol. The number of hydrogen-bond donors (Lipinski definition) is 0. The smallest absolute Gasteiger partial charge is 0.464 e. The number of oxazole rings is 1. The van der Waals surface area contributed by atoms with E-state index in [1.54, 1.807) is 0 Å². The number of carbonyl (C=O) groups excluding carboxylic acids is 2. The van der Waals surface area contributed by atoms with E-state index in [0.717, 1.165) is 19.3 Å². The predicted molar refractivity (Wildman–Crippen MR) is 77.4 cm³/mol. The molecule has 0 aromatic carbocycles. The highest BCUT2D eigenvalue weighted by Gasteiger charge is 2.46. The molecule has 0 saturated carbocycles. The highest BCUT2D eigenvalue weighted by Crippen LogP contribution is 2.36. The first-order valence-electron chi connectivity index (χ1n) is 7.43. The number of amides is 1. The monoisotopic (exact) mass is 311 g/mol. The largest absolute Gasteiger partial charge is 0.515 e. The van der Waals surface area contributed by atoms with Gasteiger partial charge in [0.2, 0.25) is 0 Å². The van der Waals surface area contributed by atoms with E-state index in [-0.39, 0.29) is 28.2 Å². The Morgan fingerprint density at radius 2 is 2.14 bits per heavy atom. The van der Waals surface area contributed by atoms with Gasteiger partial charge >= 0.3 is 12.1 Å². The fraction of sp³-hybridized carbons (Fsp3) is 0.667. The van der Waals surface area contributed by atoms with Crippen molar-refractivity contribution in [2.75, 3.05) is 27.8 Å². The molecule has 1 aliphatic rings. The molecule has 0 N–H and O–H groups in total. The van der Waals surface area contributed by atoms with Gasteiger partial charge in [-0.15, -0.1) is 0 Å². The number of rotatable bonds is 3. The second-order valence-corrected chi connectivity index (χ2v) is 5.81. The molecule has 0 bridgehead atoms. The Bertz CT molecular complexity index is 556. The number of methoxy groups -OCH3 is 2. The lowest BCUT2D eigenvalue weighted by Gasteiger charge is -2.42. The molecule has 2 rings (SSSR count). The van der Waals surface area contributed by atoms with Gasteiger partial charge in [-0.05, 0) is 6.42 Å². The zero-order valence-electron chi connectivity index (χ0n) is 13.5. The van der Waals surface area contributed by atoms with Crippen LogP contribution in [0.5, 0.6) is 0 Å². The zero-order valence-corrected chi connectivity index (χ0v) is 13.5. The molecule has 22 heavy (non-hydrogen) atoms. The second kappa shape index (κ2) is 6.48. The number of hydrogen-bond acceptors (Lipinski definition) is 6. The number of aromatic nitrogens is 1. The standard InChI is InChI=1S/C15H23N2O5/c1-5-11-8-10(6-7-17(11,2)15(19)21-4)13-16-12(9-22-13)14(18)20-3/h9-11H,5-8H2,1-4H3/q+1. The van der Waals surface area contributed by atoms with Crippen LogP contribution in [-0.2, 0) is 9.47 Å². The van der Waals surface area contributed by atoms with Crippen LogP contribution in [0.15, 0.2) is 10.7 Å². The minimum Gasteiger partial charge on any atom is -0.464 e. The summed E-state index contributed by atoms with van der Waals surface area (Å²) in [7, 11) is 4.64. The summed E-state index contributed by atoms with van der Waals surface area (Å²) in [5.74, 6) is 0.127. The first-order valence-corrected chi connectivity index (χ1v) is 7.43. The van der Waals surface area contributed by atoms with Gasteiger partial charge < -0.3 is 13.9 Å². The molecule has 122 valence electrons. The Kier molecular flexibility index (Phi) is 4.85. The number of likely N-dealkylation sites (tertiary alicyclic amines) is 1. The van der Waals surface area contributed by atoms with Crippen molar-refractivity contribution in [3.8, 4) is 0 Å². The van der Waals surface area contributed by atoms with Gasteiger partial charge in [0.1, 0.15) is 6.26 Å². The SMILES string of the molecule is CCC1CC(c2nc(C(=O)OC)co2)CC[N+]1(C)C(=O)OC. The molecule has 1 amide bonds. The van der Waals surface area contributed by atoms with Crippen LogP contribution in [0.4, 0.5) is 4.79 Å². The maximum Gasteiger partial charge on any atom is 0.515 e. The molecule has 0 radical (unpaired) electrons. The van der Waals surface area contributed by atoms with E-state index in [1.807, 2.05) is 7.05 Å². The van der Waals surface area contributed by atoms with Crippen molar-refractivity contribution >= 4 is 12.1 Å². The molecule has 3 atom stereocenters. The summed E-state index contributed by atoms with van der Waals surface area (Å²) in [6.07, 6.45) is 3.48. The van der Waals surface area contributed by atoms with Gasteiger partial charge in [-0.25, -0.2) is 14.3 Å². The lowest BCUT2D eigenvalue weighted by Crippen LogP contribution is -2.59. The van der Waals surface area contributed by atoms with E-state index in [4.69, 9.17) is 9.15 Å². The molecule has 7 heteroatoms. The number of ether oxygens (including phenoxy) is 2. The van der Waals surface area contributed by atoms with Crippen molar-refractivity contribution in [2.45, 2.75) is 38.1 Å². The summed E-state index contributed by atoms with van der Waals surface area (Å²) in [5.41, 5.74) is 0.182. The third kappa shape index (κ3) is 2.85. The van der Waals surface area contributed by atoms with Gasteiger partial charge in [-0.2, -0.15) is 4.79 Å². The maximum absolute atomic E-state index is 12.1. The highest BCUT2D eigenvalue weighted by atomic mass is 16.5. The Labute approximate surface area is 129 Å². The second-order valence-electron chi connectivity index (χ2n) is 5.81. The average Bonchev–Trinajstić information content (AvgIpc) is 3.03. The fourth-order valence-corrected chi connectivity index (χ4v) is 3.20. The summed E-state index contributed by atoms with van der Waals surface area (Å²) >= 11 is 0. The van der Waals surface area contributed by atoms with Crippen LogP contribution in [0.1, 0.15) is 48.5 Å². The van der Waals surface area contributed by atoms with E-state index in [9.17, 15) is 9.59 Å². The molecule has 1 aliphatic heterocycles. The van der Waals surface area contributed by atoms with E-state index in [2.05, 4.69) is 16.6 Å². The maximum atomic E-state index is 12.1. The molecule has 1 fully saturated rings. The normalized spacial score (nSPS) is 28.2. The topological polar surface area (TPSA) is 78.6 Å². The molecule has 7 nitrogen and oxygen atoms in total. The number of nitrogens with zero attached hydrogens (tertiary/aromatic N) is 2. The summed E-state index contributed by atoms with van der Waals surface area (Å²) in [4.78, 5) is 27.8. The first-order chi connectivity index (χ1) is 10.5. The van der Waals surface area contributed by atoms with Crippen molar-refractivity contribution < 1.29 is 28.0 Å². The first kappa shape index (κ1) is 16.5. The minimum absolute atomic E-state index is 0.0965. The Morgan fingerprint density at radius 3 is 2.73 bits per heavy atom. The van der Waals surface area contributed by atoms with E-state index in [1.165, 1.54) is 20.5 Å². The van der Waals surface area contributed by atoms with Crippen molar-refractivity contribution in [3.05, 3.63) is 17.8 Å². The molecule has 0 spiro atoms. The number of esters is 1. The van der Waals surface area contributed by atoms with E-state index < -0.39 is 5.97 Å². The Hall–Kier alpha value is -1.89. The zero-order chi connectivity index (χ0) is 16.3. The van der Waals surface area contributed by atoms with Gasteiger partial charge in [0.05, 0.1) is 33.9 Å². The Balaban J connectivity index is 2.15. The summed E-state index contributed by atoms with van der Waals surface area (Å²) in [6.45, 7) is 2.72. The van der Waals surface area contributed by atoms with Crippen LogP contribution >= 0.6 is 0 Å². The number of carbonyl (C=O) groups is 2. The van der Waals surface area contributed by atoms with Crippen LogP contribution in [0.3, 0.4) is 0 Å². The number of piperidine rings is 1. The molecule has 1 aromatic rings. The van der Waals surface area contributed by atoms with Crippen molar-refractivity contribution in [1.29, 1.82) is 0 Å². The molecule has 3 unspecified atom stereocenters. The van der Waals surface area contributed by atoms with Crippen molar-refractivity contribution in [1.82, 2.24) is 4.98 Å². The Morgan fingerprint density at radius 1 is 1.41 bits per heavy atom. The third-order valence-electron chi connectivity index (χ3n) is 4.63. The van der Waals surface area contributed by atoms with E-state index in [0.29, 0.717) is 12.4 Å². The van der Waals surface area contributed by atoms with Crippen molar-refractivity contribution in [3.63, 3.8) is 0 Å². The quantitative estimate of drug-likeness (QED) is 0.629. The summed E-state index contributed by atoms with van der Waals surface area (Å²) in [6, 6.07) is 0.139. The van der Waals surface area contributed by atoms with Gasteiger partial charge in [-0.3, -0.25) is 0 Å². The molecule has 0 aliphatic carbocycles. The summed E-state index contributed by atoms with van der Waals surface area (Å²) < 4.78 is 15.3. The molecule has 1 aromatic heterocycles. The minimum atomic E-state index is -0.506. The van der Waals surface area contributed by atoms with Crippen LogP contribution in [-0.4, -0.2) is 55.4 Å². The fourth-order valence-electron chi connectivity index (χ4n) is 3.20. The van der Waals surface area contributed by atoms with Crippen LogP contribution in [0.25, 0.3) is 0 Å². The molecular formula is C15H23N2O5+. The molecule has 1 saturated heterocycles. The highest BCUT2D eigenvalue weighted by molar-refractivity contribution is 5.86. The summed E-state index contributed by atoms with van der Waals surface area (Å²) in [5, 5.41) is 0. The van der Waals surface area contributed by atoms with Crippen LogP contribution < -0.4 is 0 Å². The van der Waals surface area contributed by atoms with Gasteiger partial charge in [0.15, 0.2) is 11.6 Å². The van der Waals surface area contributed by atoms with Gasteiger partial charge in [0.25, 0.3) is 0 Å². The van der Waals surface area contributed by atoms with Crippen LogP contribution in [0, 0.1) is 0 Å². The number of quaternary nitrogens is 1. The van der Waals surface area contributed by atoms with Gasteiger partial charge in [0, 0.05) is 18.8 Å². The van der Waals surface area contributed by atoms with E-state index >= 15 is 0 Å². The third-order valence-corrected chi connectivity index (χ3v) is 4.63. The lowest BCUT2D eigenvalue weighted by atomic mass is 9.88. The van der Waals surface area contributed by atoms with Crippen LogP contribution in [0.2, 0.25) is 0 Å². The lowest BCUT2D eigenvalue weighted by molar-refractivity contribution is -0.869. The molecular weight excluding hydrogens is 288 g/mol.